The Hall–Kier alpha value is -3.44. The van der Waals surface area contributed by atoms with Crippen LogP contribution < -0.4 is 0 Å². The lowest BCUT2D eigenvalue weighted by molar-refractivity contribution is -0.163. The zero-order valence-electron chi connectivity index (χ0n) is 41.8. The van der Waals surface area contributed by atoms with Crippen molar-refractivity contribution in [2.24, 2.45) is 0 Å². The van der Waals surface area contributed by atoms with Gasteiger partial charge in [0.05, 0.1) is 6.61 Å². The van der Waals surface area contributed by atoms with Gasteiger partial charge in [-0.05, 0) is 122 Å². The molecule has 364 valence electrons. The van der Waals surface area contributed by atoms with E-state index in [1.165, 1.54) is 64.2 Å². The lowest BCUT2D eigenvalue weighted by Crippen LogP contribution is -2.30. The molecule has 0 radical (unpaired) electrons. The van der Waals surface area contributed by atoms with E-state index in [9.17, 15) is 9.59 Å². The molecular formula is C59H98O5. The quantitative estimate of drug-likeness (QED) is 0.0346. The highest BCUT2D eigenvalue weighted by Gasteiger charge is 2.17. The number of allylic oxidation sites excluding steroid dienone is 18. The summed E-state index contributed by atoms with van der Waals surface area (Å²) in [5.74, 6) is -0.459. The topological polar surface area (TPSA) is 61.8 Å². The van der Waals surface area contributed by atoms with Crippen molar-refractivity contribution in [3.63, 3.8) is 0 Å². The Morgan fingerprint density at radius 3 is 1.14 bits per heavy atom. The van der Waals surface area contributed by atoms with E-state index in [4.69, 9.17) is 14.2 Å². The average Bonchev–Trinajstić information content (AvgIpc) is 3.30. The van der Waals surface area contributed by atoms with Crippen molar-refractivity contribution < 1.29 is 23.8 Å². The highest BCUT2D eigenvalue weighted by molar-refractivity contribution is 5.70. The van der Waals surface area contributed by atoms with Crippen LogP contribution in [0.25, 0.3) is 0 Å². The molecule has 0 spiro atoms. The van der Waals surface area contributed by atoms with Gasteiger partial charge in [0.25, 0.3) is 0 Å². The molecule has 0 aromatic carbocycles. The Labute approximate surface area is 395 Å². The average molecular weight is 887 g/mol. The second-order valence-corrected chi connectivity index (χ2v) is 17.0. The minimum absolute atomic E-state index is 0.0540. The van der Waals surface area contributed by atoms with Gasteiger partial charge in [0.2, 0.25) is 0 Å². The first-order valence-corrected chi connectivity index (χ1v) is 26.4. The highest BCUT2D eigenvalue weighted by Crippen LogP contribution is 2.12. The van der Waals surface area contributed by atoms with Gasteiger partial charge in [-0.25, -0.2) is 0 Å². The fraction of sp³-hybridized carbons (Fsp3) is 0.661. The molecule has 0 aromatic heterocycles. The van der Waals surface area contributed by atoms with E-state index in [0.29, 0.717) is 19.4 Å². The molecule has 5 heteroatoms. The van der Waals surface area contributed by atoms with Gasteiger partial charge >= 0.3 is 11.9 Å². The number of unbranched alkanes of at least 4 members (excludes halogenated alkanes) is 18. The molecule has 0 rings (SSSR count). The summed E-state index contributed by atoms with van der Waals surface area (Å²) in [7, 11) is 0. The van der Waals surface area contributed by atoms with Crippen molar-refractivity contribution in [3.05, 3.63) is 109 Å². The van der Waals surface area contributed by atoms with Gasteiger partial charge < -0.3 is 14.2 Å². The third kappa shape index (κ3) is 51.2. The Kier molecular flexibility index (Phi) is 51.0. The molecule has 0 heterocycles. The number of hydrogen-bond donors (Lipinski definition) is 0. The maximum absolute atomic E-state index is 12.8. The Morgan fingerprint density at radius 1 is 0.359 bits per heavy atom. The zero-order chi connectivity index (χ0) is 46.3. The SMILES string of the molecule is CC/C=C\C/C=C\C/C=C\C/C=C\CCCCCCC(=O)OCC(COCCCCCCCC/C=C\CCCCCC)OC(=O)CCCCCC/C=C\C/C=C\C/C=C\C/C=C\CC. The van der Waals surface area contributed by atoms with Crippen molar-refractivity contribution in [1.82, 2.24) is 0 Å². The number of esters is 2. The predicted molar refractivity (Wildman–Crippen MR) is 279 cm³/mol. The highest BCUT2D eigenvalue weighted by atomic mass is 16.6. The first-order chi connectivity index (χ1) is 31.6. The molecule has 0 saturated heterocycles. The molecule has 0 aliphatic rings. The van der Waals surface area contributed by atoms with Crippen LogP contribution in [0.15, 0.2) is 109 Å². The van der Waals surface area contributed by atoms with E-state index in [1.54, 1.807) is 0 Å². The minimum atomic E-state index is -0.569. The van der Waals surface area contributed by atoms with Crippen molar-refractivity contribution in [2.45, 2.75) is 232 Å². The summed E-state index contributed by atoms with van der Waals surface area (Å²) in [6.07, 6.45) is 73.8. The normalized spacial score (nSPS) is 13.1. The van der Waals surface area contributed by atoms with Crippen molar-refractivity contribution in [2.75, 3.05) is 19.8 Å². The maximum Gasteiger partial charge on any atom is 0.306 e. The number of ether oxygens (including phenoxy) is 3. The summed E-state index contributed by atoms with van der Waals surface area (Å²) in [5, 5.41) is 0. The largest absolute Gasteiger partial charge is 0.462 e. The molecule has 5 nitrogen and oxygen atoms in total. The Balaban J connectivity index is 4.39. The summed E-state index contributed by atoms with van der Waals surface area (Å²) in [5.41, 5.74) is 0. The van der Waals surface area contributed by atoms with Crippen LogP contribution in [-0.4, -0.2) is 37.9 Å². The van der Waals surface area contributed by atoms with Crippen LogP contribution in [0.3, 0.4) is 0 Å². The molecule has 1 unspecified atom stereocenters. The fourth-order valence-corrected chi connectivity index (χ4v) is 6.90. The Morgan fingerprint density at radius 2 is 0.703 bits per heavy atom. The molecule has 0 fully saturated rings. The molecule has 0 saturated carbocycles. The van der Waals surface area contributed by atoms with Crippen LogP contribution in [0.5, 0.6) is 0 Å². The van der Waals surface area contributed by atoms with E-state index in [1.807, 2.05) is 0 Å². The molecular weight excluding hydrogens is 789 g/mol. The minimum Gasteiger partial charge on any atom is -0.462 e. The van der Waals surface area contributed by atoms with E-state index < -0.39 is 6.10 Å². The van der Waals surface area contributed by atoms with E-state index in [-0.39, 0.29) is 25.2 Å². The summed E-state index contributed by atoms with van der Waals surface area (Å²) >= 11 is 0. The molecule has 0 aromatic rings. The second-order valence-electron chi connectivity index (χ2n) is 17.0. The number of carbonyl (C=O) groups excluding carboxylic acids is 2. The lowest BCUT2D eigenvalue weighted by Gasteiger charge is -2.18. The third-order valence-electron chi connectivity index (χ3n) is 10.8. The van der Waals surface area contributed by atoms with Gasteiger partial charge in [-0.1, -0.05) is 201 Å². The summed E-state index contributed by atoms with van der Waals surface area (Å²) in [6, 6.07) is 0. The number of hydrogen-bond acceptors (Lipinski definition) is 5. The Bertz CT molecular complexity index is 1280. The van der Waals surface area contributed by atoms with Crippen molar-refractivity contribution in [1.29, 1.82) is 0 Å². The molecule has 0 N–H and O–H groups in total. The monoisotopic (exact) mass is 887 g/mol. The summed E-state index contributed by atoms with van der Waals surface area (Å²) in [6.45, 7) is 7.52. The predicted octanol–water partition coefficient (Wildman–Crippen LogP) is 18.0. The van der Waals surface area contributed by atoms with Crippen molar-refractivity contribution in [3.8, 4) is 0 Å². The van der Waals surface area contributed by atoms with Gasteiger partial charge in [0, 0.05) is 19.4 Å². The van der Waals surface area contributed by atoms with E-state index in [0.717, 1.165) is 128 Å². The van der Waals surface area contributed by atoms with Crippen LogP contribution in [0, 0.1) is 0 Å². The number of carbonyl (C=O) groups is 2. The van der Waals surface area contributed by atoms with E-state index >= 15 is 0 Å². The summed E-state index contributed by atoms with van der Waals surface area (Å²) in [4.78, 5) is 25.4. The fourth-order valence-electron chi connectivity index (χ4n) is 6.90. The molecule has 0 aliphatic heterocycles. The zero-order valence-corrected chi connectivity index (χ0v) is 41.8. The van der Waals surface area contributed by atoms with Gasteiger partial charge in [-0.2, -0.15) is 0 Å². The second kappa shape index (κ2) is 53.9. The van der Waals surface area contributed by atoms with E-state index in [2.05, 4.69) is 130 Å². The molecule has 64 heavy (non-hydrogen) atoms. The maximum atomic E-state index is 12.8. The smallest absolute Gasteiger partial charge is 0.306 e. The van der Waals surface area contributed by atoms with Crippen LogP contribution in [-0.2, 0) is 23.8 Å². The number of rotatable bonds is 47. The van der Waals surface area contributed by atoms with Gasteiger partial charge in [0.15, 0.2) is 6.10 Å². The van der Waals surface area contributed by atoms with Crippen LogP contribution in [0.1, 0.15) is 226 Å². The molecule has 0 amide bonds. The third-order valence-corrected chi connectivity index (χ3v) is 10.8. The standard InChI is InChI=1S/C59H98O5/c1-4-7-10-13-16-19-22-25-28-30-32-34-37-40-43-46-49-52-58(60)63-56-57(55-62-54-51-48-45-42-39-36-27-24-21-18-15-12-9-6-3)64-59(61)53-50-47-44-41-38-35-33-31-29-26-23-20-17-14-11-8-5-2/h7-8,10-11,16-17,19-21,24-26,28-29,32-35,57H,4-6,9,12-15,18,22-23,27,30-31,36-56H2,1-3H3/b10-7-,11-8-,19-16-,20-17-,24-21-,28-25-,29-26-,34-32-,35-33-. The molecule has 0 bridgehead atoms. The first-order valence-electron chi connectivity index (χ1n) is 26.4. The van der Waals surface area contributed by atoms with Gasteiger partial charge in [0.1, 0.15) is 6.61 Å². The van der Waals surface area contributed by atoms with Gasteiger partial charge in [-0.3, -0.25) is 9.59 Å². The summed E-state index contributed by atoms with van der Waals surface area (Å²) < 4.78 is 17.4. The first kappa shape index (κ1) is 60.6. The van der Waals surface area contributed by atoms with Crippen LogP contribution in [0.2, 0.25) is 0 Å². The van der Waals surface area contributed by atoms with Crippen molar-refractivity contribution >= 4 is 11.9 Å². The van der Waals surface area contributed by atoms with Crippen LogP contribution >= 0.6 is 0 Å². The molecule has 1 atom stereocenters. The van der Waals surface area contributed by atoms with Gasteiger partial charge in [-0.15, -0.1) is 0 Å². The lowest BCUT2D eigenvalue weighted by atomic mass is 10.1. The van der Waals surface area contributed by atoms with Crippen LogP contribution in [0.4, 0.5) is 0 Å². The molecule has 0 aliphatic carbocycles.